The molecule has 6 rings (SSSR count). The summed E-state index contributed by atoms with van der Waals surface area (Å²) in [4.78, 5) is 13.5. The van der Waals surface area contributed by atoms with Gasteiger partial charge in [0.1, 0.15) is 11.9 Å². The molecule has 0 bridgehead atoms. The maximum Gasteiger partial charge on any atom is 0.233 e. The molecule has 2 aromatic carbocycles. The molecule has 2 aliphatic rings. The molecule has 1 saturated heterocycles. The van der Waals surface area contributed by atoms with Crippen LogP contribution in [0.4, 0.5) is 16.0 Å². The van der Waals surface area contributed by atoms with E-state index in [0.717, 1.165) is 29.2 Å². The Hall–Kier alpha value is -3.83. The van der Waals surface area contributed by atoms with Gasteiger partial charge in [-0.3, -0.25) is 4.72 Å². The zero-order chi connectivity index (χ0) is 27.7. The van der Waals surface area contributed by atoms with Gasteiger partial charge in [0.15, 0.2) is 0 Å². The highest BCUT2D eigenvalue weighted by Gasteiger charge is 2.28. The van der Waals surface area contributed by atoms with Crippen LogP contribution in [0.5, 0.6) is 11.6 Å². The van der Waals surface area contributed by atoms with E-state index in [1.54, 1.807) is 30.6 Å². The molecule has 208 valence electrons. The van der Waals surface area contributed by atoms with Crippen LogP contribution in [0.3, 0.4) is 0 Å². The van der Waals surface area contributed by atoms with Gasteiger partial charge in [-0.1, -0.05) is 24.3 Å². The van der Waals surface area contributed by atoms with Crippen LogP contribution in [-0.4, -0.2) is 54.4 Å². The molecular weight excluding hydrogens is 531 g/mol. The summed E-state index contributed by atoms with van der Waals surface area (Å²) in [6, 6.07) is 14.7. The van der Waals surface area contributed by atoms with E-state index < -0.39 is 16.2 Å². The minimum atomic E-state index is -3.46. The molecular formula is C29H31FN6O3S. The van der Waals surface area contributed by atoms with E-state index in [4.69, 9.17) is 4.74 Å². The summed E-state index contributed by atoms with van der Waals surface area (Å²) < 4.78 is 48.6. The van der Waals surface area contributed by atoms with Crippen molar-refractivity contribution in [3.63, 3.8) is 0 Å². The van der Waals surface area contributed by atoms with E-state index in [2.05, 4.69) is 30.3 Å². The number of sulfonamides is 1. The van der Waals surface area contributed by atoms with Crippen molar-refractivity contribution < 1.29 is 17.5 Å². The number of piperidine rings is 1. The van der Waals surface area contributed by atoms with Crippen LogP contribution in [0, 0.1) is 12.8 Å². The number of hydrogen-bond acceptors (Lipinski definition) is 8. The molecule has 3 N–H and O–H groups in total. The Balaban J connectivity index is 1.31. The van der Waals surface area contributed by atoms with Crippen LogP contribution in [0.2, 0.25) is 0 Å². The standard InChI is InChI=1S/C29H31FN6O3S/c1-18-13-26(36-40(37,38)17-19-8-9-19)22-5-2-3-6-23(22)27(18)39-28-24(7-4-11-32-28)25-10-12-33-29(35-25)34-21-14-20(30)15-31-16-21/h2-7,10-13,19-21,31,36H,8-9,14-17H2,1H3,(H,33,34,35)/t20-,21-/m0/s1. The molecule has 1 saturated carbocycles. The van der Waals surface area contributed by atoms with Gasteiger partial charge in [0, 0.05) is 48.7 Å². The van der Waals surface area contributed by atoms with Crippen molar-refractivity contribution in [1.29, 1.82) is 0 Å². The molecule has 9 nitrogen and oxygen atoms in total. The SMILES string of the molecule is Cc1cc(NS(=O)(=O)CC2CC2)c2ccccc2c1Oc1ncccc1-c1ccnc(N[C@@H]2CNC[C@@H](F)C2)n1. The molecule has 2 aromatic heterocycles. The fourth-order valence-electron chi connectivity index (χ4n) is 5.04. The first-order valence-electron chi connectivity index (χ1n) is 13.4. The fourth-order valence-corrected chi connectivity index (χ4v) is 6.58. The number of hydrogen-bond donors (Lipinski definition) is 3. The number of benzene rings is 2. The van der Waals surface area contributed by atoms with Crippen LogP contribution < -0.4 is 20.1 Å². The molecule has 0 amide bonds. The lowest BCUT2D eigenvalue weighted by Crippen LogP contribution is -2.44. The van der Waals surface area contributed by atoms with E-state index in [1.807, 2.05) is 37.3 Å². The highest BCUT2D eigenvalue weighted by Crippen LogP contribution is 2.40. The molecule has 2 fully saturated rings. The summed E-state index contributed by atoms with van der Waals surface area (Å²) in [5, 5.41) is 7.80. The Labute approximate surface area is 232 Å². The van der Waals surface area contributed by atoms with Gasteiger partial charge in [-0.2, -0.15) is 0 Å². The van der Waals surface area contributed by atoms with Crippen LogP contribution >= 0.6 is 0 Å². The molecule has 0 unspecified atom stereocenters. The largest absolute Gasteiger partial charge is 0.437 e. The third-order valence-electron chi connectivity index (χ3n) is 7.13. The van der Waals surface area contributed by atoms with Crippen LogP contribution in [-0.2, 0) is 10.0 Å². The molecule has 1 aliphatic carbocycles. The highest BCUT2D eigenvalue weighted by molar-refractivity contribution is 7.92. The van der Waals surface area contributed by atoms with Crippen molar-refractivity contribution in [1.82, 2.24) is 20.3 Å². The van der Waals surface area contributed by atoms with Crippen molar-refractivity contribution in [3.05, 3.63) is 66.5 Å². The molecule has 3 heterocycles. The molecule has 0 spiro atoms. The van der Waals surface area contributed by atoms with Crippen molar-refractivity contribution in [2.75, 3.05) is 28.9 Å². The average molecular weight is 563 g/mol. The minimum Gasteiger partial charge on any atom is -0.437 e. The molecule has 40 heavy (non-hydrogen) atoms. The Morgan fingerprint density at radius 3 is 2.67 bits per heavy atom. The van der Waals surface area contributed by atoms with Crippen LogP contribution in [0.25, 0.3) is 22.0 Å². The van der Waals surface area contributed by atoms with Crippen LogP contribution in [0.1, 0.15) is 24.8 Å². The van der Waals surface area contributed by atoms with E-state index in [9.17, 15) is 12.8 Å². The number of alkyl halides is 1. The topological polar surface area (TPSA) is 118 Å². The van der Waals surface area contributed by atoms with E-state index >= 15 is 0 Å². The second kappa shape index (κ2) is 11.0. The number of aryl methyl sites for hydroxylation is 1. The van der Waals surface area contributed by atoms with Gasteiger partial charge in [0.2, 0.25) is 21.9 Å². The Bertz CT molecular complexity index is 1650. The number of rotatable bonds is 9. The van der Waals surface area contributed by atoms with Crippen molar-refractivity contribution in [3.8, 4) is 22.9 Å². The van der Waals surface area contributed by atoms with Crippen molar-refractivity contribution in [2.24, 2.45) is 5.92 Å². The maximum absolute atomic E-state index is 13.8. The zero-order valence-corrected chi connectivity index (χ0v) is 22.9. The number of anilines is 2. The number of aromatic nitrogens is 3. The number of nitrogens with one attached hydrogen (secondary N) is 3. The van der Waals surface area contributed by atoms with E-state index in [0.29, 0.717) is 54.0 Å². The number of fused-ring (bicyclic) bond motifs is 1. The lowest BCUT2D eigenvalue weighted by Gasteiger charge is -2.26. The molecule has 0 radical (unpaired) electrons. The van der Waals surface area contributed by atoms with Gasteiger partial charge in [-0.25, -0.2) is 27.8 Å². The third-order valence-corrected chi connectivity index (χ3v) is 8.57. The monoisotopic (exact) mass is 562 g/mol. The van der Waals surface area contributed by atoms with Gasteiger partial charge in [0.05, 0.1) is 22.7 Å². The number of halogens is 1. The third kappa shape index (κ3) is 6.00. The van der Waals surface area contributed by atoms with Crippen molar-refractivity contribution >= 4 is 32.4 Å². The second-order valence-electron chi connectivity index (χ2n) is 10.5. The van der Waals surface area contributed by atoms with E-state index in [-0.39, 0.29) is 17.7 Å². The van der Waals surface area contributed by atoms with Crippen molar-refractivity contribution in [2.45, 2.75) is 38.4 Å². The summed E-state index contributed by atoms with van der Waals surface area (Å²) in [6.07, 6.45) is 4.69. The predicted molar refractivity (Wildman–Crippen MR) is 154 cm³/mol. The summed E-state index contributed by atoms with van der Waals surface area (Å²) >= 11 is 0. The normalized spacial score (nSPS) is 19.4. The molecule has 4 aromatic rings. The first-order chi connectivity index (χ1) is 19.3. The first kappa shape index (κ1) is 26.4. The second-order valence-corrected chi connectivity index (χ2v) is 12.3. The molecule has 2 atom stereocenters. The van der Waals surface area contributed by atoms with Gasteiger partial charge in [0.25, 0.3) is 0 Å². The summed E-state index contributed by atoms with van der Waals surface area (Å²) in [5.74, 6) is 1.71. The quantitative estimate of drug-likeness (QED) is 0.259. The fraction of sp³-hybridized carbons (Fsp3) is 0.345. The summed E-state index contributed by atoms with van der Waals surface area (Å²) in [7, 11) is -3.46. The van der Waals surface area contributed by atoms with Gasteiger partial charge in [-0.05, 0) is 55.5 Å². The summed E-state index contributed by atoms with van der Waals surface area (Å²) in [5.41, 5.74) is 2.56. The Kier molecular flexibility index (Phi) is 7.24. The Morgan fingerprint density at radius 2 is 1.88 bits per heavy atom. The lowest BCUT2D eigenvalue weighted by atomic mass is 10.0. The zero-order valence-electron chi connectivity index (χ0n) is 22.1. The number of pyridine rings is 1. The molecule has 1 aliphatic heterocycles. The predicted octanol–water partition coefficient (Wildman–Crippen LogP) is 5.06. The van der Waals surface area contributed by atoms with Gasteiger partial charge in [-0.15, -0.1) is 0 Å². The first-order valence-corrected chi connectivity index (χ1v) is 15.1. The average Bonchev–Trinajstić information content (AvgIpc) is 3.74. The lowest BCUT2D eigenvalue weighted by molar-refractivity contribution is 0.254. The molecule has 11 heteroatoms. The maximum atomic E-state index is 13.8. The smallest absolute Gasteiger partial charge is 0.233 e. The number of nitrogens with zero attached hydrogens (tertiary/aromatic N) is 3. The van der Waals surface area contributed by atoms with Gasteiger partial charge < -0.3 is 15.4 Å². The van der Waals surface area contributed by atoms with Gasteiger partial charge >= 0.3 is 0 Å². The highest BCUT2D eigenvalue weighted by atomic mass is 32.2. The van der Waals surface area contributed by atoms with Crippen LogP contribution in [0.15, 0.2) is 60.9 Å². The minimum absolute atomic E-state index is 0.113. The summed E-state index contributed by atoms with van der Waals surface area (Å²) in [6.45, 7) is 2.87. The van der Waals surface area contributed by atoms with E-state index in [1.165, 1.54) is 0 Å². The Morgan fingerprint density at radius 1 is 1.05 bits per heavy atom. The number of ether oxygens (including phenoxy) is 1.